The number of carboxylic acids is 1. The van der Waals surface area contributed by atoms with E-state index in [-0.39, 0.29) is 18.9 Å². The van der Waals surface area contributed by atoms with E-state index in [1.54, 1.807) is 14.0 Å². The highest BCUT2D eigenvalue weighted by atomic mass is 16.5. The maximum absolute atomic E-state index is 11.7. The quantitative estimate of drug-likeness (QED) is 0.712. The lowest BCUT2D eigenvalue weighted by Crippen LogP contribution is -2.31. The Morgan fingerprint density at radius 2 is 2.04 bits per heavy atom. The molecule has 0 bridgehead atoms. The zero-order valence-electron chi connectivity index (χ0n) is 14.2. The summed E-state index contributed by atoms with van der Waals surface area (Å²) in [6, 6.07) is 7.30. The third-order valence-electron chi connectivity index (χ3n) is 3.64. The van der Waals surface area contributed by atoms with Gasteiger partial charge >= 0.3 is 5.97 Å². The monoisotopic (exact) mass is 347 g/mol. The molecule has 2 rings (SSSR count). The Balaban J connectivity index is 1.77. The summed E-state index contributed by atoms with van der Waals surface area (Å²) in [6.07, 6.45) is 1.29. The van der Waals surface area contributed by atoms with Gasteiger partial charge in [0.05, 0.1) is 13.0 Å². The Morgan fingerprint density at radius 1 is 1.32 bits per heavy atom. The molecule has 0 spiro atoms. The van der Waals surface area contributed by atoms with E-state index >= 15 is 0 Å². The van der Waals surface area contributed by atoms with Crippen LogP contribution >= 0.6 is 0 Å². The first-order valence-corrected chi connectivity index (χ1v) is 7.96. The molecule has 1 amide bonds. The van der Waals surface area contributed by atoms with Crippen molar-refractivity contribution in [3.05, 3.63) is 30.2 Å². The van der Waals surface area contributed by atoms with Crippen LogP contribution in [0.15, 0.2) is 28.8 Å². The van der Waals surface area contributed by atoms with E-state index in [1.807, 2.05) is 24.3 Å². The maximum Gasteiger partial charge on any atom is 0.308 e. The SMILES string of the molecule is COc1ccc(-c2noc(CCCC(=O)NCC(C)C(=O)O)n2)cc1. The van der Waals surface area contributed by atoms with Gasteiger partial charge in [0.1, 0.15) is 5.75 Å². The van der Waals surface area contributed by atoms with Crippen LogP contribution in [-0.2, 0) is 16.0 Å². The molecule has 0 fully saturated rings. The van der Waals surface area contributed by atoms with Crippen molar-refractivity contribution in [3.8, 4) is 17.1 Å². The molecular weight excluding hydrogens is 326 g/mol. The summed E-state index contributed by atoms with van der Waals surface area (Å²) in [5.74, 6) is -0.0437. The summed E-state index contributed by atoms with van der Waals surface area (Å²) in [6.45, 7) is 1.66. The standard InChI is InChI=1S/C17H21N3O5/c1-11(17(22)23)10-18-14(21)4-3-5-15-19-16(20-25-15)12-6-8-13(24-2)9-7-12/h6-9,11H,3-5,10H2,1-2H3,(H,18,21)(H,22,23). The van der Waals surface area contributed by atoms with Crippen molar-refractivity contribution in [1.82, 2.24) is 15.5 Å². The first kappa shape index (κ1) is 18.4. The Morgan fingerprint density at radius 3 is 2.68 bits per heavy atom. The van der Waals surface area contributed by atoms with Gasteiger partial charge in [-0.05, 0) is 30.7 Å². The van der Waals surface area contributed by atoms with E-state index in [9.17, 15) is 9.59 Å². The number of nitrogens with one attached hydrogen (secondary N) is 1. The molecule has 0 aliphatic heterocycles. The molecule has 134 valence electrons. The number of carbonyl (C=O) groups excluding carboxylic acids is 1. The number of rotatable bonds is 9. The molecule has 25 heavy (non-hydrogen) atoms. The zero-order valence-corrected chi connectivity index (χ0v) is 14.2. The lowest BCUT2D eigenvalue weighted by atomic mass is 10.2. The number of methoxy groups -OCH3 is 1. The van der Waals surface area contributed by atoms with Crippen LogP contribution in [0.1, 0.15) is 25.7 Å². The number of hydrogen-bond donors (Lipinski definition) is 2. The Labute approximate surface area is 145 Å². The molecule has 8 nitrogen and oxygen atoms in total. The summed E-state index contributed by atoms with van der Waals surface area (Å²) >= 11 is 0. The normalized spacial score (nSPS) is 11.8. The van der Waals surface area contributed by atoms with Gasteiger partial charge in [-0.3, -0.25) is 9.59 Å². The van der Waals surface area contributed by atoms with E-state index in [0.29, 0.717) is 24.6 Å². The number of carboxylic acid groups (broad SMARTS) is 1. The Kier molecular flexibility index (Phi) is 6.50. The largest absolute Gasteiger partial charge is 0.497 e. The van der Waals surface area contributed by atoms with Crippen LogP contribution in [0.2, 0.25) is 0 Å². The van der Waals surface area contributed by atoms with Crippen LogP contribution in [0.3, 0.4) is 0 Å². The van der Waals surface area contributed by atoms with Gasteiger partial charge in [-0.2, -0.15) is 4.98 Å². The lowest BCUT2D eigenvalue weighted by molar-refractivity contribution is -0.141. The Hall–Kier alpha value is -2.90. The van der Waals surface area contributed by atoms with Gasteiger partial charge in [0, 0.05) is 24.9 Å². The minimum Gasteiger partial charge on any atom is -0.497 e. The van der Waals surface area contributed by atoms with Gasteiger partial charge in [-0.25, -0.2) is 0 Å². The Bertz CT molecular complexity index is 711. The minimum absolute atomic E-state index is 0.121. The predicted octanol–water partition coefficient (Wildman–Crippen LogP) is 1.90. The molecule has 2 N–H and O–H groups in total. The molecule has 0 aliphatic rings. The molecule has 0 saturated heterocycles. The number of aryl methyl sites for hydroxylation is 1. The van der Waals surface area contributed by atoms with E-state index in [1.165, 1.54) is 0 Å². The van der Waals surface area contributed by atoms with Gasteiger partial charge in [-0.15, -0.1) is 0 Å². The third kappa shape index (κ3) is 5.59. The number of aliphatic carboxylic acids is 1. The average molecular weight is 347 g/mol. The third-order valence-corrected chi connectivity index (χ3v) is 3.64. The summed E-state index contributed by atoms with van der Waals surface area (Å²) in [7, 11) is 1.60. The zero-order chi connectivity index (χ0) is 18.2. The number of carbonyl (C=O) groups is 2. The molecule has 1 aromatic heterocycles. The van der Waals surface area contributed by atoms with Crippen molar-refractivity contribution >= 4 is 11.9 Å². The van der Waals surface area contributed by atoms with Crippen LogP contribution < -0.4 is 10.1 Å². The van der Waals surface area contributed by atoms with Gasteiger partial charge in [0.25, 0.3) is 0 Å². The predicted molar refractivity (Wildman–Crippen MR) is 89.0 cm³/mol. The fourth-order valence-corrected chi connectivity index (χ4v) is 2.06. The first-order chi connectivity index (χ1) is 12.0. The highest BCUT2D eigenvalue weighted by Gasteiger charge is 2.13. The van der Waals surface area contributed by atoms with E-state index in [4.69, 9.17) is 14.4 Å². The van der Waals surface area contributed by atoms with Crippen molar-refractivity contribution in [2.24, 2.45) is 5.92 Å². The van der Waals surface area contributed by atoms with E-state index < -0.39 is 11.9 Å². The number of benzene rings is 1. The van der Waals surface area contributed by atoms with Crippen molar-refractivity contribution < 1.29 is 24.0 Å². The smallest absolute Gasteiger partial charge is 0.308 e. The molecule has 0 radical (unpaired) electrons. The number of nitrogens with zero attached hydrogens (tertiary/aromatic N) is 2. The molecule has 1 unspecified atom stereocenters. The highest BCUT2D eigenvalue weighted by Crippen LogP contribution is 2.20. The summed E-state index contributed by atoms with van der Waals surface area (Å²) in [4.78, 5) is 26.6. The molecule has 1 heterocycles. The van der Waals surface area contributed by atoms with E-state index in [0.717, 1.165) is 11.3 Å². The first-order valence-electron chi connectivity index (χ1n) is 7.96. The van der Waals surface area contributed by atoms with Gasteiger partial charge < -0.3 is 19.7 Å². The second-order valence-corrected chi connectivity index (χ2v) is 5.64. The highest BCUT2D eigenvalue weighted by molar-refractivity contribution is 5.77. The van der Waals surface area contributed by atoms with Crippen molar-refractivity contribution in [2.45, 2.75) is 26.2 Å². The van der Waals surface area contributed by atoms with Gasteiger partial charge in [-0.1, -0.05) is 12.1 Å². The molecule has 1 atom stereocenters. The lowest BCUT2D eigenvalue weighted by Gasteiger charge is -2.07. The second kappa shape index (κ2) is 8.81. The van der Waals surface area contributed by atoms with Crippen molar-refractivity contribution in [1.29, 1.82) is 0 Å². The molecule has 0 saturated carbocycles. The topological polar surface area (TPSA) is 115 Å². The van der Waals surface area contributed by atoms with Crippen LogP contribution in [-0.4, -0.2) is 40.8 Å². The number of hydrogen-bond acceptors (Lipinski definition) is 6. The van der Waals surface area contributed by atoms with Crippen LogP contribution in [0, 0.1) is 5.92 Å². The molecule has 2 aromatic rings. The molecule has 8 heteroatoms. The van der Waals surface area contributed by atoms with Crippen molar-refractivity contribution in [2.75, 3.05) is 13.7 Å². The molecule has 0 aliphatic carbocycles. The van der Waals surface area contributed by atoms with Crippen LogP contribution in [0.25, 0.3) is 11.4 Å². The minimum atomic E-state index is -0.933. The second-order valence-electron chi connectivity index (χ2n) is 5.64. The fourth-order valence-electron chi connectivity index (χ4n) is 2.06. The summed E-state index contributed by atoms with van der Waals surface area (Å²) in [5.41, 5.74) is 0.816. The van der Waals surface area contributed by atoms with Crippen molar-refractivity contribution in [3.63, 3.8) is 0 Å². The molecule has 1 aromatic carbocycles. The maximum atomic E-state index is 11.7. The van der Waals surface area contributed by atoms with Crippen LogP contribution in [0.4, 0.5) is 0 Å². The summed E-state index contributed by atoms with van der Waals surface area (Å²) < 4.78 is 10.3. The fraction of sp³-hybridized carbons (Fsp3) is 0.412. The average Bonchev–Trinajstić information content (AvgIpc) is 3.08. The number of aromatic nitrogens is 2. The van der Waals surface area contributed by atoms with Gasteiger partial charge in [0.2, 0.25) is 17.6 Å². The summed E-state index contributed by atoms with van der Waals surface area (Å²) in [5, 5.41) is 15.3. The molecular formula is C17H21N3O5. The van der Waals surface area contributed by atoms with E-state index in [2.05, 4.69) is 15.5 Å². The van der Waals surface area contributed by atoms with Crippen LogP contribution in [0.5, 0.6) is 5.75 Å². The number of ether oxygens (including phenoxy) is 1. The number of amides is 1. The van der Waals surface area contributed by atoms with Gasteiger partial charge in [0.15, 0.2) is 0 Å².